The molecule has 0 spiro atoms. The number of hydrogen-bond donors (Lipinski definition) is 1. The molecule has 8 heteroatoms. The van der Waals surface area contributed by atoms with Crippen molar-refractivity contribution < 1.29 is 19.2 Å². The third-order valence-corrected chi connectivity index (χ3v) is 5.03. The number of carboxylic acid groups (broad SMARTS) is 1. The molecule has 3 rings (SSSR count). The van der Waals surface area contributed by atoms with Crippen LogP contribution in [0.25, 0.3) is 0 Å². The van der Waals surface area contributed by atoms with Crippen LogP contribution in [0.5, 0.6) is 0 Å². The highest BCUT2D eigenvalue weighted by molar-refractivity contribution is 5.85. The Labute approximate surface area is 141 Å². The van der Waals surface area contributed by atoms with Gasteiger partial charge in [0, 0.05) is 13.2 Å². The van der Waals surface area contributed by atoms with E-state index in [1.807, 2.05) is 11.8 Å². The van der Waals surface area contributed by atoms with Crippen LogP contribution < -0.4 is 0 Å². The van der Waals surface area contributed by atoms with Gasteiger partial charge in [-0.3, -0.25) is 9.69 Å². The molecule has 1 aliphatic carbocycles. The molecular weight excluding hydrogens is 322 g/mol. The zero-order chi connectivity index (χ0) is 15.7. The van der Waals surface area contributed by atoms with Gasteiger partial charge in [0.15, 0.2) is 5.82 Å². The van der Waals surface area contributed by atoms with E-state index in [1.54, 1.807) is 7.11 Å². The van der Waals surface area contributed by atoms with Crippen LogP contribution in [0.4, 0.5) is 0 Å². The summed E-state index contributed by atoms with van der Waals surface area (Å²) >= 11 is 0. The molecule has 130 valence electrons. The number of methoxy groups -OCH3 is 1. The van der Waals surface area contributed by atoms with Gasteiger partial charge in [-0.2, -0.15) is 4.98 Å². The van der Waals surface area contributed by atoms with Gasteiger partial charge in [0.25, 0.3) is 0 Å². The molecule has 1 aromatic heterocycles. The zero-order valence-corrected chi connectivity index (χ0v) is 14.3. The van der Waals surface area contributed by atoms with Gasteiger partial charge in [0.2, 0.25) is 5.89 Å². The summed E-state index contributed by atoms with van der Waals surface area (Å²) in [5.41, 5.74) is 0. The van der Waals surface area contributed by atoms with Crippen LogP contribution in [0.1, 0.15) is 56.8 Å². The van der Waals surface area contributed by atoms with Crippen molar-refractivity contribution in [2.24, 2.45) is 5.92 Å². The summed E-state index contributed by atoms with van der Waals surface area (Å²) in [4.78, 5) is 18.0. The molecular formula is C15H24ClN3O4. The maximum atomic E-state index is 11.6. The SMILES string of the molecule is COC(C)c1noc(CN2C(C(=O)O)CC3CCCCC32)n1.Cl. The predicted molar refractivity (Wildman–Crippen MR) is 84.3 cm³/mol. The first kappa shape index (κ1) is 18.2. The van der Waals surface area contributed by atoms with Crippen LogP contribution in [-0.4, -0.2) is 45.3 Å². The Kier molecular flexibility index (Phi) is 6.00. The normalized spacial score (nSPS) is 28.9. The minimum atomic E-state index is -0.751. The number of nitrogens with zero attached hydrogens (tertiary/aromatic N) is 3. The summed E-state index contributed by atoms with van der Waals surface area (Å²) in [7, 11) is 1.59. The van der Waals surface area contributed by atoms with E-state index in [9.17, 15) is 9.90 Å². The number of carbonyl (C=O) groups is 1. The highest BCUT2D eigenvalue weighted by atomic mass is 35.5. The standard InChI is InChI=1S/C15H23N3O4.ClH/c1-9(21-2)14-16-13(22-17-14)8-18-11-6-4-3-5-10(11)7-12(18)15(19)20;/h9-12H,3-8H2,1-2H3,(H,19,20);1H. The van der Waals surface area contributed by atoms with Crippen molar-refractivity contribution >= 4 is 18.4 Å². The van der Waals surface area contributed by atoms with Gasteiger partial charge in [-0.05, 0) is 32.1 Å². The summed E-state index contributed by atoms with van der Waals surface area (Å²) in [6.45, 7) is 2.25. The summed E-state index contributed by atoms with van der Waals surface area (Å²) in [6.07, 6.45) is 5.06. The summed E-state index contributed by atoms with van der Waals surface area (Å²) in [5.74, 6) is 0.703. The lowest BCUT2D eigenvalue weighted by Gasteiger charge is -2.31. The quantitative estimate of drug-likeness (QED) is 0.876. The van der Waals surface area contributed by atoms with E-state index in [-0.39, 0.29) is 18.5 Å². The summed E-state index contributed by atoms with van der Waals surface area (Å²) in [5, 5.41) is 13.4. The van der Waals surface area contributed by atoms with Crippen molar-refractivity contribution in [2.75, 3.05) is 7.11 Å². The van der Waals surface area contributed by atoms with E-state index in [2.05, 4.69) is 10.1 Å². The van der Waals surface area contributed by atoms with E-state index in [1.165, 1.54) is 12.8 Å². The molecule has 23 heavy (non-hydrogen) atoms. The second kappa shape index (κ2) is 7.59. The molecule has 0 aromatic carbocycles. The number of ether oxygens (including phenoxy) is 1. The van der Waals surface area contributed by atoms with Crippen molar-refractivity contribution in [3.8, 4) is 0 Å². The number of fused-ring (bicyclic) bond motifs is 1. The smallest absolute Gasteiger partial charge is 0.320 e. The first-order chi connectivity index (χ1) is 10.6. The molecule has 1 aromatic rings. The monoisotopic (exact) mass is 345 g/mol. The first-order valence-electron chi connectivity index (χ1n) is 7.94. The molecule has 2 heterocycles. The van der Waals surface area contributed by atoms with E-state index in [0.717, 1.165) is 19.3 Å². The van der Waals surface area contributed by atoms with Crippen LogP contribution in [-0.2, 0) is 16.1 Å². The fraction of sp³-hybridized carbons (Fsp3) is 0.800. The Morgan fingerprint density at radius 1 is 1.48 bits per heavy atom. The van der Waals surface area contributed by atoms with Crippen LogP contribution >= 0.6 is 12.4 Å². The third-order valence-electron chi connectivity index (χ3n) is 5.03. The van der Waals surface area contributed by atoms with E-state index in [0.29, 0.717) is 30.2 Å². The van der Waals surface area contributed by atoms with Gasteiger partial charge in [-0.15, -0.1) is 12.4 Å². The molecule has 0 bridgehead atoms. The predicted octanol–water partition coefficient (Wildman–Crippen LogP) is 2.42. The molecule has 0 amide bonds. The summed E-state index contributed by atoms with van der Waals surface area (Å²) in [6, 6.07) is -0.117. The van der Waals surface area contributed by atoms with Gasteiger partial charge >= 0.3 is 5.97 Å². The molecule has 7 nitrogen and oxygen atoms in total. The van der Waals surface area contributed by atoms with Crippen molar-refractivity contribution in [1.29, 1.82) is 0 Å². The molecule has 4 atom stereocenters. The molecule has 2 fully saturated rings. The minimum Gasteiger partial charge on any atom is -0.480 e. The zero-order valence-electron chi connectivity index (χ0n) is 13.5. The number of aliphatic carboxylic acids is 1. The highest BCUT2D eigenvalue weighted by Crippen LogP contribution is 2.40. The van der Waals surface area contributed by atoms with Crippen LogP contribution in [0.2, 0.25) is 0 Å². The maximum Gasteiger partial charge on any atom is 0.320 e. The Morgan fingerprint density at radius 3 is 2.91 bits per heavy atom. The van der Waals surface area contributed by atoms with Crippen LogP contribution in [0.3, 0.4) is 0 Å². The lowest BCUT2D eigenvalue weighted by atomic mass is 9.85. The lowest BCUT2D eigenvalue weighted by molar-refractivity contribution is -0.143. The molecule has 2 aliphatic rings. The Bertz CT molecular complexity index is 539. The second-order valence-electron chi connectivity index (χ2n) is 6.30. The summed E-state index contributed by atoms with van der Waals surface area (Å²) < 4.78 is 10.5. The fourth-order valence-electron chi connectivity index (χ4n) is 3.78. The third kappa shape index (κ3) is 3.67. The number of carboxylic acids is 1. The molecule has 1 N–H and O–H groups in total. The first-order valence-corrected chi connectivity index (χ1v) is 7.94. The van der Waals surface area contributed by atoms with Crippen LogP contribution in [0.15, 0.2) is 4.52 Å². The molecule has 4 unspecified atom stereocenters. The van der Waals surface area contributed by atoms with Gasteiger partial charge in [0.1, 0.15) is 12.1 Å². The number of likely N-dealkylation sites (tertiary alicyclic amines) is 1. The Balaban J connectivity index is 0.00000192. The van der Waals surface area contributed by atoms with E-state index in [4.69, 9.17) is 9.26 Å². The number of aromatic nitrogens is 2. The van der Waals surface area contributed by atoms with E-state index >= 15 is 0 Å². The van der Waals surface area contributed by atoms with Gasteiger partial charge in [-0.25, -0.2) is 0 Å². The van der Waals surface area contributed by atoms with Gasteiger partial charge in [0.05, 0.1) is 6.54 Å². The number of hydrogen-bond acceptors (Lipinski definition) is 6. The average molecular weight is 346 g/mol. The van der Waals surface area contributed by atoms with Crippen molar-refractivity contribution in [3.63, 3.8) is 0 Å². The topological polar surface area (TPSA) is 88.7 Å². The molecule has 1 aliphatic heterocycles. The Morgan fingerprint density at radius 2 is 2.22 bits per heavy atom. The Hall–Kier alpha value is -1.18. The van der Waals surface area contributed by atoms with Crippen molar-refractivity contribution in [1.82, 2.24) is 15.0 Å². The van der Waals surface area contributed by atoms with Gasteiger partial charge in [-0.1, -0.05) is 18.0 Å². The highest BCUT2D eigenvalue weighted by Gasteiger charge is 2.45. The second-order valence-corrected chi connectivity index (χ2v) is 6.30. The largest absolute Gasteiger partial charge is 0.480 e. The molecule has 0 radical (unpaired) electrons. The maximum absolute atomic E-state index is 11.6. The van der Waals surface area contributed by atoms with Crippen molar-refractivity contribution in [2.45, 2.75) is 63.8 Å². The lowest BCUT2D eigenvalue weighted by Crippen LogP contribution is -2.41. The average Bonchev–Trinajstić information content (AvgIpc) is 3.12. The fourth-order valence-corrected chi connectivity index (χ4v) is 3.78. The molecule has 1 saturated heterocycles. The van der Waals surface area contributed by atoms with Crippen molar-refractivity contribution in [3.05, 3.63) is 11.7 Å². The number of halogens is 1. The minimum absolute atomic E-state index is 0. The number of rotatable bonds is 5. The van der Waals surface area contributed by atoms with E-state index < -0.39 is 12.0 Å². The van der Waals surface area contributed by atoms with Gasteiger partial charge < -0.3 is 14.4 Å². The molecule has 1 saturated carbocycles. The van der Waals surface area contributed by atoms with Crippen LogP contribution in [0, 0.1) is 5.92 Å².